The summed E-state index contributed by atoms with van der Waals surface area (Å²) in [4.78, 5) is 4.51. The second-order valence-corrected chi connectivity index (χ2v) is 4.42. The Labute approximate surface area is 88.6 Å². The van der Waals surface area contributed by atoms with Gasteiger partial charge in [-0.3, -0.25) is 0 Å². The van der Waals surface area contributed by atoms with E-state index in [1.165, 1.54) is 0 Å². The van der Waals surface area contributed by atoms with Gasteiger partial charge in [0.05, 0.1) is 11.2 Å². The first kappa shape index (κ1) is 8.86. The van der Waals surface area contributed by atoms with Crippen LogP contribution < -0.4 is 0 Å². The molecule has 1 aliphatic carbocycles. The molecule has 2 atom stereocenters. The molecule has 0 spiro atoms. The second-order valence-electron chi connectivity index (χ2n) is 4.42. The van der Waals surface area contributed by atoms with Gasteiger partial charge < -0.3 is 5.11 Å². The normalized spacial score (nSPS) is 29.3. The standard InChI is InChI=1S/C13H13NO/c1-9-8-13(9,15)12-7-6-10-4-2-3-5-11(10)14-12/h2-7,9,15H,8H2,1H3. The topological polar surface area (TPSA) is 33.1 Å². The average Bonchev–Trinajstić information content (AvgIpc) is 2.88. The highest BCUT2D eigenvalue weighted by Gasteiger charge is 2.52. The van der Waals surface area contributed by atoms with Crippen molar-refractivity contribution in [1.82, 2.24) is 4.98 Å². The molecule has 1 aromatic heterocycles. The van der Waals surface area contributed by atoms with Gasteiger partial charge in [0.1, 0.15) is 5.60 Å². The van der Waals surface area contributed by atoms with E-state index in [0.717, 1.165) is 23.0 Å². The summed E-state index contributed by atoms with van der Waals surface area (Å²) in [6, 6.07) is 12.0. The number of para-hydroxylation sites is 1. The van der Waals surface area contributed by atoms with E-state index in [1.54, 1.807) is 0 Å². The molecule has 0 saturated heterocycles. The summed E-state index contributed by atoms with van der Waals surface area (Å²) in [5.41, 5.74) is 1.11. The van der Waals surface area contributed by atoms with Crippen LogP contribution in [0.25, 0.3) is 10.9 Å². The number of hydrogen-bond donors (Lipinski definition) is 1. The molecule has 1 N–H and O–H groups in total. The molecule has 0 radical (unpaired) electrons. The van der Waals surface area contributed by atoms with Crippen molar-refractivity contribution in [3.8, 4) is 0 Å². The second kappa shape index (κ2) is 2.80. The van der Waals surface area contributed by atoms with Crippen LogP contribution in [-0.2, 0) is 5.60 Å². The van der Waals surface area contributed by atoms with Gasteiger partial charge in [0.25, 0.3) is 0 Å². The Morgan fingerprint density at radius 3 is 2.73 bits per heavy atom. The highest BCUT2D eigenvalue weighted by atomic mass is 16.3. The Bertz CT molecular complexity index is 523. The van der Waals surface area contributed by atoms with Crippen LogP contribution in [0.3, 0.4) is 0 Å². The maximum absolute atomic E-state index is 10.2. The van der Waals surface area contributed by atoms with Crippen LogP contribution in [0.15, 0.2) is 36.4 Å². The maximum Gasteiger partial charge on any atom is 0.110 e. The van der Waals surface area contributed by atoms with Crippen LogP contribution in [0, 0.1) is 5.92 Å². The summed E-state index contributed by atoms with van der Waals surface area (Å²) in [7, 11) is 0. The molecule has 1 heterocycles. The van der Waals surface area contributed by atoms with Crippen molar-refractivity contribution in [2.75, 3.05) is 0 Å². The first-order valence-corrected chi connectivity index (χ1v) is 5.29. The molecule has 0 bridgehead atoms. The molecule has 1 fully saturated rings. The molecular formula is C13H13NO. The van der Waals surface area contributed by atoms with Crippen molar-refractivity contribution in [3.05, 3.63) is 42.1 Å². The maximum atomic E-state index is 10.2. The lowest BCUT2D eigenvalue weighted by Crippen LogP contribution is -2.09. The van der Waals surface area contributed by atoms with Gasteiger partial charge in [-0.1, -0.05) is 31.2 Å². The van der Waals surface area contributed by atoms with E-state index in [1.807, 2.05) is 36.4 Å². The van der Waals surface area contributed by atoms with Gasteiger partial charge in [0.2, 0.25) is 0 Å². The Balaban J connectivity index is 2.15. The minimum absolute atomic E-state index is 0.339. The molecule has 2 heteroatoms. The number of aromatic nitrogens is 1. The van der Waals surface area contributed by atoms with Gasteiger partial charge in [0, 0.05) is 5.39 Å². The first-order chi connectivity index (χ1) is 7.20. The van der Waals surface area contributed by atoms with Gasteiger partial charge in [-0.15, -0.1) is 0 Å². The molecule has 3 rings (SSSR count). The Hall–Kier alpha value is -1.41. The summed E-state index contributed by atoms with van der Waals surface area (Å²) in [6.07, 6.45) is 0.832. The third kappa shape index (κ3) is 1.25. The third-order valence-corrected chi connectivity index (χ3v) is 3.31. The fraction of sp³-hybridized carbons (Fsp3) is 0.308. The fourth-order valence-electron chi connectivity index (χ4n) is 2.07. The van der Waals surface area contributed by atoms with Crippen LogP contribution in [0.1, 0.15) is 19.0 Å². The van der Waals surface area contributed by atoms with E-state index in [2.05, 4.69) is 11.9 Å². The Morgan fingerprint density at radius 1 is 1.27 bits per heavy atom. The summed E-state index contributed by atoms with van der Waals surface area (Å²) in [5, 5.41) is 11.3. The summed E-state index contributed by atoms with van der Waals surface area (Å²) >= 11 is 0. The number of pyridine rings is 1. The van der Waals surface area contributed by atoms with Crippen molar-refractivity contribution in [1.29, 1.82) is 0 Å². The lowest BCUT2D eigenvalue weighted by Gasteiger charge is -2.09. The smallest absolute Gasteiger partial charge is 0.110 e. The van der Waals surface area contributed by atoms with Crippen molar-refractivity contribution >= 4 is 10.9 Å². The zero-order valence-electron chi connectivity index (χ0n) is 8.64. The highest BCUT2D eigenvalue weighted by Crippen LogP contribution is 2.50. The number of rotatable bonds is 1. The highest BCUT2D eigenvalue weighted by molar-refractivity contribution is 5.78. The van der Waals surface area contributed by atoms with E-state index in [-0.39, 0.29) is 0 Å². The van der Waals surface area contributed by atoms with Crippen molar-refractivity contribution in [2.45, 2.75) is 18.9 Å². The molecule has 15 heavy (non-hydrogen) atoms. The monoisotopic (exact) mass is 199 g/mol. The molecule has 0 aliphatic heterocycles. The lowest BCUT2D eigenvalue weighted by atomic mass is 10.1. The average molecular weight is 199 g/mol. The van der Waals surface area contributed by atoms with Gasteiger partial charge in [-0.25, -0.2) is 4.98 Å². The third-order valence-electron chi connectivity index (χ3n) is 3.31. The molecule has 0 amide bonds. The molecule has 2 aromatic rings. The van der Waals surface area contributed by atoms with E-state index in [0.29, 0.717) is 5.92 Å². The number of fused-ring (bicyclic) bond motifs is 1. The van der Waals surface area contributed by atoms with E-state index < -0.39 is 5.60 Å². The zero-order chi connectivity index (χ0) is 10.5. The largest absolute Gasteiger partial charge is 0.383 e. The van der Waals surface area contributed by atoms with Crippen molar-refractivity contribution in [2.24, 2.45) is 5.92 Å². The number of benzene rings is 1. The lowest BCUT2D eigenvalue weighted by molar-refractivity contribution is 0.130. The summed E-state index contributed by atoms with van der Waals surface area (Å²) in [5.74, 6) is 0.339. The van der Waals surface area contributed by atoms with Crippen LogP contribution in [-0.4, -0.2) is 10.1 Å². The molecule has 1 saturated carbocycles. The van der Waals surface area contributed by atoms with Gasteiger partial charge in [-0.05, 0) is 24.5 Å². The van der Waals surface area contributed by atoms with Gasteiger partial charge in [-0.2, -0.15) is 0 Å². The van der Waals surface area contributed by atoms with Crippen LogP contribution in [0.4, 0.5) is 0 Å². The summed E-state index contributed by atoms with van der Waals surface area (Å²) < 4.78 is 0. The van der Waals surface area contributed by atoms with E-state index in [4.69, 9.17) is 0 Å². The van der Waals surface area contributed by atoms with E-state index >= 15 is 0 Å². The molecular weight excluding hydrogens is 186 g/mol. The number of nitrogens with zero attached hydrogens (tertiary/aromatic N) is 1. The Kier molecular flexibility index (Phi) is 1.65. The van der Waals surface area contributed by atoms with E-state index in [9.17, 15) is 5.11 Å². The Morgan fingerprint density at radius 2 is 2.00 bits per heavy atom. The summed E-state index contributed by atoms with van der Waals surface area (Å²) in [6.45, 7) is 2.05. The fourth-order valence-corrected chi connectivity index (χ4v) is 2.07. The first-order valence-electron chi connectivity index (χ1n) is 5.29. The molecule has 1 aliphatic rings. The predicted octanol–water partition coefficient (Wildman–Crippen LogP) is 2.46. The molecule has 1 aromatic carbocycles. The van der Waals surface area contributed by atoms with Crippen molar-refractivity contribution in [3.63, 3.8) is 0 Å². The number of hydrogen-bond acceptors (Lipinski definition) is 2. The minimum atomic E-state index is -0.663. The SMILES string of the molecule is CC1CC1(O)c1ccc2ccccc2n1. The molecule has 2 unspecified atom stereocenters. The van der Waals surface area contributed by atoms with Crippen molar-refractivity contribution < 1.29 is 5.11 Å². The van der Waals surface area contributed by atoms with Crippen LogP contribution in [0.2, 0.25) is 0 Å². The zero-order valence-corrected chi connectivity index (χ0v) is 8.64. The molecule has 2 nitrogen and oxygen atoms in total. The van der Waals surface area contributed by atoms with Gasteiger partial charge >= 0.3 is 0 Å². The quantitative estimate of drug-likeness (QED) is 0.765. The minimum Gasteiger partial charge on any atom is -0.383 e. The predicted molar refractivity (Wildman–Crippen MR) is 59.4 cm³/mol. The van der Waals surface area contributed by atoms with Crippen LogP contribution in [0.5, 0.6) is 0 Å². The van der Waals surface area contributed by atoms with Crippen LogP contribution >= 0.6 is 0 Å². The molecule has 76 valence electrons. The van der Waals surface area contributed by atoms with Gasteiger partial charge in [0.15, 0.2) is 0 Å². The number of aliphatic hydroxyl groups is 1.